The molecule has 5 nitrogen and oxygen atoms in total. The molecule has 0 amide bonds. The van der Waals surface area contributed by atoms with E-state index in [1.807, 2.05) is 7.05 Å². The summed E-state index contributed by atoms with van der Waals surface area (Å²) in [7, 11) is 1.82. The lowest BCUT2D eigenvalue weighted by molar-refractivity contribution is -0.384. The molecule has 0 heterocycles. The van der Waals surface area contributed by atoms with Crippen molar-refractivity contribution in [2.24, 2.45) is 5.92 Å². The molecule has 2 rings (SSSR count). The Kier molecular flexibility index (Phi) is 4.95. The Balaban J connectivity index is 2.15. The van der Waals surface area contributed by atoms with E-state index in [-0.39, 0.29) is 16.7 Å². The summed E-state index contributed by atoms with van der Waals surface area (Å²) >= 11 is 0. The van der Waals surface area contributed by atoms with Crippen LogP contribution in [0.25, 0.3) is 0 Å². The molecule has 1 fully saturated rings. The average Bonchev–Trinajstić information content (AvgIpc) is 2.41. The van der Waals surface area contributed by atoms with E-state index in [2.05, 4.69) is 12.2 Å². The summed E-state index contributed by atoms with van der Waals surface area (Å²) in [6, 6.07) is 4.84. The van der Waals surface area contributed by atoms with E-state index in [1.165, 1.54) is 18.9 Å². The SMILES string of the molecule is CNCc1cc([N+](=O)[O-])ccc1OC1CCCC(C)C1. The summed E-state index contributed by atoms with van der Waals surface area (Å²) in [5.74, 6) is 1.46. The maximum atomic E-state index is 10.8. The van der Waals surface area contributed by atoms with Gasteiger partial charge in [0, 0.05) is 24.2 Å². The fourth-order valence-electron chi connectivity index (χ4n) is 2.79. The van der Waals surface area contributed by atoms with Gasteiger partial charge in [-0.2, -0.15) is 0 Å². The van der Waals surface area contributed by atoms with Crippen molar-refractivity contribution in [1.29, 1.82) is 0 Å². The number of non-ortho nitro benzene ring substituents is 1. The van der Waals surface area contributed by atoms with Crippen molar-refractivity contribution in [3.8, 4) is 5.75 Å². The Labute approximate surface area is 119 Å². The number of hydrogen-bond donors (Lipinski definition) is 1. The maximum absolute atomic E-state index is 10.8. The molecular formula is C15H22N2O3. The fourth-order valence-corrected chi connectivity index (χ4v) is 2.79. The number of ether oxygens (including phenoxy) is 1. The van der Waals surface area contributed by atoms with Crippen LogP contribution >= 0.6 is 0 Å². The standard InChI is InChI=1S/C15H22N2O3/c1-11-4-3-5-14(8-11)20-15-7-6-13(17(18)19)9-12(15)10-16-2/h6-7,9,11,14,16H,3-5,8,10H2,1-2H3. The van der Waals surface area contributed by atoms with Crippen LogP contribution in [-0.4, -0.2) is 18.1 Å². The van der Waals surface area contributed by atoms with Crippen LogP contribution in [0.5, 0.6) is 5.75 Å². The van der Waals surface area contributed by atoms with Gasteiger partial charge in [-0.25, -0.2) is 0 Å². The van der Waals surface area contributed by atoms with Gasteiger partial charge in [-0.1, -0.05) is 13.3 Å². The van der Waals surface area contributed by atoms with Gasteiger partial charge < -0.3 is 10.1 Å². The minimum atomic E-state index is -0.369. The number of nitrogens with zero attached hydrogens (tertiary/aromatic N) is 1. The van der Waals surface area contributed by atoms with Gasteiger partial charge in [0.05, 0.1) is 11.0 Å². The predicted molar refractivity (Wildman–Crippen MR) is 77.9 cm³/mol. The van der Waals surface area contributed by atoms with Gasteiger partial charge in [0.2, 0.25) is 0 Å². The Hall–Kier alpha value is -1.62. The molecule has 0 spiro atoms. The molecule has 1 N–H and O–H groups in total. The average molecular weight is 278 g/mol. The third kappa shape index (κ3) is 3.70. The predicted octanol–water partition coefficient (Wildman–Crippen LogP) is 3.27. The van der Waals surface area contributed by atoms with Crippen molar-refractivity contribution in [2.75, 3.05) is 7.05 Å². The van der Waals surface area contributed by atoms with Crippen LogP contribution < -0.4 is 10.1 Å². The Bertz CT molecular complexity index is 476. The van der Waals surface area contributed by atoms with Gasteiger partial charge >= 0.3 is 0 Å². The number of rotatable bonds is 5. The summed E-state index contributed by atoms with van der Waals surface area (Å²) < 4.78 is 6.08. The highest BCUT2D eigenvalue weighted by molar-refractivity contribution is 5.43. The molecule has 0 radical (unpaired) electrons. The molecule has 0 aliphatic heterocycles. The van der Waals surface area contributed by atoms with Crippen molar-refractivity contribution in [2.45, 2.75) is 45.3 Å². The van der Waals surface area contributed by atoms with E-state index < -0.39 is 0 Å². The second-order valence-electron chi connectivity index (χ2n) is 5.59. The highest BCUT2D eigenvalue weighted by atomic mass is 16.6. The van der Waals surface area contributed by atoms with E-state index in [0.29, 0.717) is 12.5 Å². The maximum Gasteiger partial charge on any atom is 0.270 e. The van der Waals surface area contributed by atoms with Crippen molar-refractivity contribution in [3.05, 3.63) is 33.9 Å². The van der Waals surface area contributed by atoms with E-state index in [1.54, 1.807) is 12.1 Å². The molecule has 1 aromatic rings. The van der Waals surface area contributed by atoms with Gasteiger partial charge in [0.15, 0.2) is 0 Å². The summed E-state index contributed by atoms with van der Waals surface area (Å²) in [6.07, 6.45) is 4.83. The van der Waals surface area contributed by atoms with Crippen LogP contribution in [0.2, 0.25) is 0 Å². The summed E-state index contributed by atoms with van der Waals surface area (Å²) in [5, 5.41) is 13.9. The van der Waals surface area contributed by atoms with Crippen molar-refractivity contribution >= 4 is 5.69 Å². The van der Waals surface area contributed by atoms with Crippen molar-refractivity contribution < 1.29 is 9.66 Å². The van der Waals surface area contributed by atoms with E-state index in [9.17, 15) is 10.1 Å². The number of benzene rings is 1. The van der Waals surface area contributed by atoms with Crippen LogP contribution in [-0.2, 0) is 6.54 Å². The zero-order chi connectivity index (χ0) is 14.5. The first-order valence-electron chi connectivity index (χ1n) is 7.18. The lowest BCUT2D eigenvalue weighted by atomic mass is 9.88. The first-order chi connectivity index (χ1) is 9.60. The zero-order valence-electron chi connectivity index (χ0n) is 12.1. The molecule has 0 aromatic heterocycles. The topological polar surface area (TPSA) is 64.4 Å². The van der Waals surface area contributed by atoms with Gasteiger partial charge in [-0.3, -0.25) is 10.1 Å². The molecule has 1 aliphatic rings. The van der Waals surface area contributed by atoms with Crippen LogP contribution in [0.3, 0.4) is 0 Å². The summed E-state index contributed by atoms with van der Waals surface area (Å²) in [5.41, 5.74) is 0.958. The molecule has 5 heteroatoms. The van der Waals surface area contributed by atoms with E-state index >= 15 is 0 Å². The third-order valence-electron chi connectivity index (χ3n) is 3.80. The minimum Gasteiger partial charge on any atom is -0.490 e. The van der Waals surface area contributed by atoms with Gasteiger partial charge in [0.1, 0.15) is 5.75 Å². The van der Waals surface area contributed by atoms with Crippen LogP contribution in [0.4, 0.5) is 5.69 Å². The Morgan fingerprint density at radius 3 is 2.90 bits per heavy atom. The van der Waals surface area contributed by atoms with E-state index in [0.717, 1.165) is 24.2 Å². The van der Waals surface area contributed by atoms with Gasteiger partial charge in [-0.15, -0.1) is 0 Å². The number of nitro groups is 1. The van der Waals surface area contributed by atoms with Crippen molar-refractivity contribution in [3.63, 3.8) is 0 Å². The Morgan fingerprint density at radius 2 is 2.25 bits per heavy atom. The monoisotopic (exact) mass is 278 g/mol. The largest absolute Gasteiger partial charge is 0.490 e. The molecule has 110 valence electrons. The van der Waals surface area contributed by atoms with Crippen LogP contribution in [0.15, 0.2) is 18.2 Å². The molecule has 1 aromatic carbocycles. The minimum absolute atomic E-state index is 0.111. The normalized spacial score (nSPS) is 22.5. The first kappa shape index (κ1) is 14.8. The third-order valence-corrected chi connectivity index (χ3v) is 3.80. The molecule has 1 saturated carbocycles. The molecular weight excluding hydrogens is 256 g/mol. The second-order valence-corrected chi connectivity index (χ2v) is 5.59. The number of nitrogens with one attached hydrogen (secondary N) is 1. The molecule has 0 saturated heterocycles. The Morgan fingerprint density at radius 1 is 1.45 bits per heavy atom. The summed E-state index contributed by atoms with van der Waals surface area (Å²) in [4.78, 5) is 10.5. The molecule has 1 aliphatic carbocycles. The first-order valence-corrected chi connectivity index (χ1v) is 7.18. The summed E-state index contributed by atoms with van der Waals surface area (Å²) in [6.45, 7) is 2.82. The quantitative estimate of drug-likeness (QED) is 0.663. The van der Waals surface area contributed by atoms with Gasteiger partial charge in [0.25, 0.3) is 5.69 Å². The molecule has 2 atom stereocenters. The number of hydrogen-bond acceptors (Lipinski definition) is 4. The second kappa shape index (κ2) is 6.70. The zero-order valence-corrected chi connectivity index (χ0v) is 12.1. The highest BCUT2D eigenvalue weighted by Gasteiger charge is 2.21. The number of nitro benzene ring substituents is 1. The van der Waals surface area contributed by atoms with Crippen LogP contribution in [0.1, 0.15) is 38.2 Å². The smallest absolute Gasteiger partial charge is 0.270 e. The van der Waals surface area contributed by atoms with Crippen molar-refractivity contribution in [1.82, 2.24) is 5.32 Å². The molecule has 2 unspecified atom stereocenters. The van der Waals surface area contributed by atoms with Gasteiger partial charge in [-0.05, 0) is 38.3 Å². The fraction of sp³-hybridized carbons (Fsp3) is 0.600. The lowest BCUT2D eigenvalue weighted by Gasteiger charge is -2.28. The molecule has 20 heavy (non-hydrogen) atoms. The highest BCUT2D eigenvalue weighted by Crippen LogP contribution is 2.30. The van der Waals surface area contributed by atoms with E-state index in [4.69, 9.17) is 4.74 Å². The van der Waals surface area contributed by atoms with Crippen LogP contribution in [0, 0.1) is 16.0 Å². The lowest BCUT2D eigenvalue weighted by Crippen LogP contribution is -2.24. The molecule has 0 bridgehead atoms.